The second kappa shape index (κ2) is 5.63. The van der Waals surface area contributed by atoms with Gasteiger partial charge in [0.1, 0.15) is 0 Å². The molecular formula is C15H22N2O. The molecule has 1 fully saturated rings. The number of Topliss-reactive ketones (excluding diaryl/α,β-unsaturated/α-hetero) is 1. The van der Waals surface area contributed by atoms with Gasteiger partial charge in [-0.1, -0.05) is 17.2 Å². The third-order valence-electron chi connectivity index (χ3n) is 3.51. The number of aryl methyl sites for hydroxylation is 2. The van der Waals surface area contributed by atoms with Crippen LogP contribution in [-0.4, -0.2) is 55.4 Å². The van der Waals surface area contributed by atoms with Crippen molar-refractivity contribution in [2.45, 2.75) is 13.8 Å². The largest absolute Gasteiger partial charge is 0.304 e. The maximum atomic E-state index is 12.2. The Labute approximate surface area is 109 Å². The van der Waals surface area contributed by atoms with Crippen LogP contribution < -0.4 is 0 Å². The first kappa shape index (κ1) is 13.2. The average molecular weight is 246 g/mol. The summed E-state index contributed by atoms with van der Waals surface area (Å²) < 4.78 is 0. The van der Waals surface area contributed by atoms with E-state index >= 15 is 0 Å². The van der Waals surface area contributed by atoms with Crippen molar-refractivity contribution < 1.29 is 4.79 Å². The van der Waals surface area contributed by atoms with Crippen molar-refractivity contribution in [3.63, 3.8) is 0 Å². The summed E-state index contributed by atoms with van der Waals surface area (Å²) in [5, 5.41) is 0. The topological polar surface area (TPSA) is 23.6 Å². The Bertz CT molecular complexity index is 414. The highest BCUT2D eigenvalue weighted by atomic mass is 16.1. The van der Waals surface area contributed by atoms with Gasteiger partial charge in [0, 0.05) is 31.7 Å². The fourth-order valence-electron chi connectivity index (χ4n) is 2.44. The highest BCUT2D eigenvalue weighted by Gasteiger charge is 2.17. The third kappa shape index (κ3) is 3.40. The van der Waals surface area contributed by atoms with Gasteiger partial charge in [-0.3, -0.25) is 9.69 Å². The lowest BCUT2D eigenvalue weighted by Crippen LogP contribution is -2.46. The standard InChI is InChI=1S/C15H22N2O/c1-12-8-13(2)10-14(9-12)15(18)11-17-6-4-16(3)5-7-17/h8-10H,4-7,11H2,1-3H3. The summed E-state index contributed by atoms with van der Waals surface area (Å²) in [6.45, 7) is 8.73. The van der Waals surface area contributed by atoms with E-state index in [1.165, 1.54) is 0 Å². The summed E-state index contributed by atoms with van der Waals surface area (Å²) >= 11 is 0. The smallest absolute Gasteiger partial charge is 0.176 e. The Balaban J connectivity index is 1.99. The Hall–Kier alpha value is -1.19. The predicted octanol–water partition coefficient (Wildman–Crippen LogP) is 1.73. The van der Waals surface area contributed by atoms with Crippen molar-refractivity contribution in [1.82, 2.24) is 9.80 Å². The van der Waals surface area contributed by atoms with Gasteiger partial charge in [-0.15, -0.1) is 0 Å². The van der Waals surface area contributed by atoms with Crippen LogP contribution in [0.5, 0.6) is 0 Å². The van der Waals surface area contributed by atoms with Gasteiger partial charge in [-0.25, -0.2) is 0 Å². The zero-order chi connectivity index (χ0) is 13.1. The van der Waals surface area contributed by atoms with E-state index in [1.54, 1.807) is 0 Å². The minimum atomic E-state index is 0.242. The van der Waals surface area contributed by atoms with Crippen LogP contribution in [0.15, 0.2) is 18.2 Å². The van der Waals surface area contributed by atoms with E-state index in [4.69, 9.17) is 0 Å². The van der Waals surface area contributed by atoms with Crippen LogP contribution in [-0.2, 0) is 0 Å². The van der Waals surface area contributed by atoms with Crippen molar-refractivity contribution in [3.05, 3.63) is 34.9 Å². The van der Waals surface area contributed by atoms with E-state index in [2.05, 4.69) is 22.9 Å². The van der Waals surface area contributed by atoms with Gasteiger partial charge in [0.2, 0.25) is 0 Å². The number of rotatable bonds is 3. The molecular weight excluding hydrogens is 224 g/mol. The van der Waals surface area contributed by atoms with Crippen LogP contribution in [0.4, 0.5) is 0 Å². The van der Waals surface area contributed by atoms with Crippen molar-refractivity contribution in [2.75, 3.05) is 39.8 Å². The first-order chi connectivity index (χ1) is 8.54. The molecule has 1 aliphatic rings. The molecule has 18 heavy (non-hydrogen) atoms. The number of likely N-dealkylation sites (N-methyl/N-ethyl adjacent to an activating group) is 1. The van der Waals surface area contributed by atoms with Gasteiger partial charge < -0.3 is 4.90 Å². The van der Waals surface area contributed by atoms with Gasteiger partial charge in [0.25, 0.3) is 0 Å². The fraction of sp³-hybridized carbons (Fsp3) is 0.533. The molecule has 0 aromatic heterocycles. The second-order valence-electron chi connectivity index (χ2n) is 5.38. The molecule has 1 aromatic rings. The fourth-order valence-corrected chi connectivity index (χ4v) is 2.44. The molecule has 1 aliphatic heterocycles. The van der Waals surface area contributed by atoms with E-state index in [9.17, 15) is 4.79 Å². The van der Waals surface area contributed by atoms with Crippen LogP contribution >= 0.6 is 0 Å². The molecule has 98 valence electrons. The third-order valence-corrected chi connectivity index (χ3v) is 3.51. The first-order valence-electron chi connectivity index (χ1n) is 6.57. The molecule has 1 saturated heterocycles. The quantitative estimate of drug-likeness (QED) is 0.759. The average Bonchev–Trinajstić information content (AvgIpc) is 2.31. The summed E-state index contributed by atoms with van der Waals surface area (Å²) in [4.78, 5) is 16.8. The minimum absolute atomic E-state index is 0.242. The summed E-state index contributed by atoms with van der Waals surface area (Å²) in [7, 11) is 2.13. The van der Waals surface area contributed by atoms with Crippen LogP contribution in [0.1, 0.15) is 21.5 Å². The molecule has 0 bridgehead atoms. The van der Waals surface area contributed by atoms with Gasteiger partial charge in [0.05, 0.1) is 6.54 Å². The maximum Gasteiger partial charge on any atom is 0.176 e. The van der Waals surface area contributed by atoms with Crippen molar-refractivity contribution in [2.24, 2.45) is 0 Å². The lowest BCUT2D eigenvalue weighted by atomic mass is 10.0. The first-order valence-corrected chi connectivity index (χ1v) is 6.57. The van der Waals surface area contributed by atoms with Crippen LogP contribution in [0, 0.1) is 13.8 Å². The Morgan fingerprint density at radius 1 is 1.06 bits per heavy atom. The zero-order valence-electron chi connectivity index (χ0n) is 11.6. The molecule has 2 rings (SSSR count). The second-order valence-corrected chi connectivity index (χ2v) is 5.38. The molecule has 0 saturated carbocycles. The number of hydrogen-bond acceptors (Lipinski definition) is 3. The lowest BCUT2D eigenvalue weighted by molar-refractivity contribution is 0.0876. The normalized spacial score (nSPS) is 17.9. The van der Waals surface area contributed by atoms with Crippen LogP contribution in [0.2, 0.25) is 0 Å². The highest BCUT2D eigenvalue weighted by molar-refractivity contribution is 5.98. The van der Waals surface area contributed by atoms with Crippen molar-refractivity contribution >= 4 is 5.78 Å². The molecule has 1 aromatic carbocycles. The Kier molecular flexibility index (Phi) is 4.15. The van der Waals surface area contributed by atoms with Gasteiger partial charge in [0.15, 0.2) is 5.78 Å². The Morgan fingerprint density at radius 3 is 2.17 bits per heavy atom. The summed E-state index contributed by atoms with van der Waals surface area (Å²) in [6.07, 6.45) is 0. The number of hydrogen-bond donors (Lipinski definition) is 0. The zero-order valence-corrected chi connectivity index (χ0v) is 11.6. The van der Waals surface area contributed by atoms with Crippen LogP contribution in [0.3, 0.4) is 0 Å². The molecule has 0 aliphatic carbocycles. The molecule has 0 spiro atoms. The van der Waals surface area contributed by atoms with Gasteiger partial charge >= 0.3 is 0 Å². The minimum Gasteiger partial charge on any atom is -0.304 e. The van der Waals surface area contributed by atoms with E-state index in [1.807, 2.05) is 26.0 Å². The number of carbonyl (C=O) groups is 1. The van der Waals surface area contributed by atoms with Gasteiger partial charge in [-0.2, -0.15) is 0 Å². The van der Waals surface area contributed by atoms with Crippen molar-refractivity contribution in [3.8, 4) is 0 Å². The summed E-state index contributed by atoms with van der Waals surface area (Å²) in [5.74, 6) is 0.242. The summed E-state index contributed by atoms with van der Waals surface area (Å²) in [6, 6.07) is 6.09. The SMILES string of the molecule is Cc1cc(C)cc(C(=O)CN2CCN(C)CC2)c1. The molecule has 1 heterocycles. The lowest BCUT2D eigenvalue weighted by Gasteiger charge is -2.31. The monoisotopic (exact) mass is 246 g/mol. The van der Waals surface area contributed by atoms with Gasteiger partial charge in [-0.05, 0) is 33.0 Å². The predicted molar refractivity (Wildman–Crippen MR) is 74.2 cm³/mol. The summed E-state index contributed by atoms with van der Waals surface area (Å²) in [5.41, 5.74) is 3.18. The van der Waals surface area contributed by atoms with E-state index in [0.717, 1.165) is 42.9 Å². The maximum absolute atomic E-state index is 12.2. The number of ketones is 1. The van der Waals surface area contributed by atoms with Crippen molar-refractivity contribution in [1.29, 1.82) is 0 Å². The number of piperazine rings is 1. The molecule has 0 unspecified atom stereocenters. The van der Waals surface area contributed by atoms with E-state index in [-0.39, 0.29) is 5.78 Å². The van der Waals surface area contributed by atoms with E-state index < -0.39 is 0 Å². The molecule has 0 atom stereocenters. The molecule has 3 nitrogen and oxygen atoms in total. The molecule has 0 N–H and O–H groups in total. The molecule has 0 amide bonds. The molecule has 3 heteroatoms. The Morgan fingerprint density at radius 2 is 1.61 bits per heavy atom. The number of benzene rings is 1. The molecule has 0 radical (unpaired) electrons. The number of carbonyl (C=O) groups excluding carboxylic acids is 1. The number of nitrogens with zero attached hydrogens (tertiary/aromatic N) is 2. The highest BCUT2D eigenvalue weighted by Crippen LogP contribution is 2.11. The van der Waals surface area contributed by atoms with E-state index in [0.29, 0.717) is 6.54 Å². The van der Waals surface area contributed by atoms with Crippen LogP contribution in [0.25, 0.3) is 0 Å².